The number of anilines is 1. The number of fused-ring (bicyclic) bond motifs is 1. The van der Waals surface area contributed by atoms with E-state index in [9.17, 15) is 14.7 Å². The zero-order chi connectivity index (χ0) is 28.3. The second kappa shape index (κ2) is 11.6. The smallest absolute Gasteiger partial charge is 0.413 e. The van der Waals surface area contributed by atoms with Gasteiger partial charge >= 0.3 is 12.2 Å². The number of nitrogens with one attached hydrogen (secondary N) is 1. The molecule has 1 aromatic heterocycles. The van der Waals surface area contributed by atoms with E-state index < -0.39 is 12.2 Å². The Balaban J connectivity index is 1.40. The molecule has 214 valence electrons. The molecule has 2 aliphatic heterocycles. The first-order valence-electron chi connectivity index (χ1n) is 14.0. The van der Waals surface area contributed by atoms with Gasteiger partial charge in [-0.2, -0.15) is 0 Å². The molecule has 0 radical (unpaired) electrons. The molecule has 2 fully saturated rings. The summed E-state index contributed by atoms with van der Waals surface area (Å²) in [6, 6.07) is 15.4. The number of hydrogen-bond acceptors (Lipinski definition) is 7. The third kappa shape index (κ3) is 6.01. The zero-order valence-electron chi connectivity index (χ0n) is 22.9. The number of benzene rings is 2. The van der Waals surface area contributed by atoms with Crippen molar-refractivity contribution in [1.82, 2.24) is 9.88 Å². The maximum absolute atomic E-state index is 12.2. The van der Waals surface area contributed by atoms with Gasteiger partial charge in [0.2, 0.25) is 0 Å². The van der Waals surface area contributed by atoms with Gasteiger partial charge in [0.05, 0.1) is 25.0 Å². The summed E-state index contributed by atoms with van der Waals surface area (Å²) in [5.74, 6) is 2.90. The van der Waals surface area contributed by atoms with Gasteiger partial charge in [-0.3, -0.25) is 5.32 Å². The lowest BCUT2D eigenvalue weighted by atomic mass is 9.87. The quantitative estimate of drug-likeness (QED) is 0.325. The molecule has 3 heterocycles. The van der Waals surface area contributed by atoms with Gasteiger partial charge in [-0.25, -0.2) is 14.6 Å². The van der Waals surface area contributed by atoms with E-state index >= 15 is 0 Å². The number of ether oxygens (including phenoxy) is 4. The average molecular weight is 560 g/mol. The number of carbonyl (C=O) groups excluding carboxylic acids is 1. The van der Waals surface area contributed by atoms with Gasteiger partial charge in [0.15, 0.2) is 0 Å². The fourth-order valence-corrected chi connectivity index (χ4v) is 5.39. The van der Waals surface area contributed by atoms with Gasteiger partial charge in [-0.05, 0) is 73.1 Å². The molecule has 3 aliphatic rings. The molecule has 2 amide bonds. The highest BCUT2D eigenvalue weighted by Gasteiger charge is 2.31. The Labute approximate surface area is 238 Å². The van der Waals surface area contributed by atoms with Crippen LogP contribution in [0.5, 0.6) is 17.2 Å². The van der Waals surface area contributed by atoms with Crippen molar-refractivity contribution in [2.75, 3.05) is 32.1 Å². The first-order valence-corrected chi connectivity index (χ1v) is 14.0. The number of rotatable bonds is 9. The van der Waals surface area contributed by atoms with Crippen LogP contribution < -0.4 is 19.5 Å². The van der Waals surface area contributed by atoms with E-state index in [4.69, 9.17) is 23.9 Å². The second-order valence-corrected chi connectivity index (χ2v) is 10.7. The summed E-state index contributed by atoms with van der Waals surface area (Å²) in [6.45, 7) is 1.86. The summed E-state index contributed by atoms with van der Waals surface area (Å²) in [6.07, 6.45) is 2.35. The molecular formula is C31H33N3O7. The molecule has 3 aromatic rings. The normalized spacial score (nSPS) is 18.1. The molecule has 1 saturated heterocycles. The fraction of sp³-hybridized carbons (Fsp3) is 0.387. The maximum Gasteiger partial charge on any atom is 0.413 e. The highest BCUT2D eigenvalue weighted by atomic mass is 16.6. The summed E-state index contributed by atoms with van der Waals surface area (Å²) < 4.78 is 23.2. The average Bonchev–Trinajstić information content (AvgIpc) is 3.83. The number of pyridine rings is 1. The Morgan fingerprint density at radius 1 is 1.12 bits per heavy atom. The topological polar surface area (TPSA) is 119 Å². The van der Waals surface area contributed by atoms with Gasteiger partial charge < -0.3 is 29.0 Å². The van der Waals surface area contributed by atoms with Gasteiger partial charge in [-0.15, -0.1) is 0 Å². The van der Waals surface area contributed by atoms with Crippen LogP contribution in [0, 0.1) is 5.92 Å². The molecule has 1 unspecified atom stereocenters. The SMILES string of the molecule is COc1ccc(COc2cccc(OCC3CC3)c2-c2cc(C3CCCN(C(=O)O)C3)c3c(n2)NC(=O)OC3)cc1. The van der Waals surface area contributed by atoms with Gasteiger partial charge in [0.1, 0.15) is 36.3 Å². The third-order valence-corrected chi connectivity index (χ3v) is 7.83. The lowest BCUT2D eigenvalue weighted by molar-refractivity contribution is 0.130. The molecule has 0 spiro atoms. The minimum Gasteiger partial charge on any atom is -0.497 e. The van der Waals surface area contributed by atoms with E-state index in [2.05, 4.69) is 5.32 Å². The van der Waals surface area contributed by atoms with Gasteiger partial charge in [0, 0.05) is 24.6 Å². The Bertz CT molecular complexity index is 1440. The second-order valence-electron chi connectivity index (χ2n) is 10.7. The largest absolute Gasteiger partial charge is 0.497 e. The number of cyclic esters (lactones) is 1. The summed E-state index contributed by atoms with van der Waals surface area (Å²) in [5.41, 5.74) is 3.93. The molecule has 10 heteroatoms. The molecule has 41 heavy (non-hydrogen) atoms. The summed E-state index contributed by atoms with van der Waals surface area (Å²) >= 11 is 0. The summed E-state index contributed by atoms with van der Waals surface area (Å²) in [5, 5.41) is 12.4. The van der Waals surface area contributed by atoms with Crippen molar-refractivity contribution in [3.8, 4) is 28.5 Å². The van der Waals surface area contributed by atoms with Crippen molar-refractivity contribution >= 4 is 18.0 Å². The van der Waals surface area contributed by atoms with Crippen molar-refractivity contribution in [2.24, 2.45) is 5.92 Å². The van der Waals surface area contributed by atoms with Crippen LogP contribution in [-0.4, -0.2) is 54.0 Å². The van der Waals surface area contributed by atoms with Crippen molar-refractivity contribution < 1.29 is 33.6 Å². The molecule has 0 bridgehead atoms. The Kier molecular flexibility index (Phi) is 7.54. The Hall–Kier alpha value is -4.47. The van der Waals surface area contributed by atoms with Crippen LogP contribution in [0.1, 0.15) is 48.3 Å². The van der Waals surface area contributed by atoms with E-state index in [1.54, 1.807) is 7.11 Å². The van der Waals surface area contributed by atoms with E-state index in [1.165, 1.54) is 4.90 Å². The molecule has 10 nitrogen and oxygen atoms in total. The van der Waals surface area contributed by atoms with Crippen LogP contribution in [0.4, 0.5) is 15.4 Å². The van der Waals surface area contributed by atoms with Crippen LogP contribution in [0.3, 0.4) is 0 Å². The molecule has 1 saturated carbocycles. The number of carboxylic acid groups (broad SMARTS) is 1. The summed E-state index contributed by atoms with van der Waals surface area (Å²) in [7, 11) is 1.63. The number of hydrogen-bond donors (Lipinski definition) is 2. The van der Waals surface area contributed by atoms with E-state index in [0.717, 1.165) is 48.1 Å². The van der Waals surface area contributed by atoms with Gasteiger partial charge in [0.25, 0.3) is 0 Å². The fourth-order valence-electron chi connectivity index (χ4n) is 5.39. The standard InChI is InChI=1S/C31H33N3O7/c1-38-22-11-9-20(10-12-22)17-40-27-6-2-5-26(39-16-19-7-8-19)28(27)25-14-23(21-4-3-13-34(15-21)31(36)37)24-18-41-30(35)33-29(24)32-25/h2,5-6,9-12,14,19,21H,3-4,7-8,13,15-18H2,1H3,(H,36,37)(H,32,33,35). The zero-order valence-corrected chi connectivity index (χ0v) is 22.9. The number of piperidine rings is 1. The monoisotopic (exact) mass is 559 g/mol. The molecule has 2 N–H and O–H groups in total. The van der Waals surface area contributed by atoms with E-state index in [0.29, 0.717) is 60.8 Å². The molecule has 1 aliphatic carbocycles. The third-order valence-electron chi connectivity index (χ3n) is 7.83. The number of likely N-dealkylation sites (tertiary alicyclic amines) is 1. The predicted octanol–water partition coefficient (Wildman–Crippen LogP) is 6.04. The highest BCUT2D eigenvalue weighted by molar-refractivity contribution is 5.88. The molecule has 1 atom stereocenters. The molecular weight excluding hydrogens is 526 g/mol. The van der Waals surface area contributed by atoms with Crippen LogP contribution in [0.2, 0.25) is 0 Å². The number of methoxy groups -OCH3 is 1. The number of nitrogens with zero attached hydrogens (tertiary/aromatic N) is 2. The lowest BCUT2D eigenvalue weighted by Gasteiger charge is -2.33. The minimum atomic E-state index is -0.935. The maximum atomic E-state index is 12.2. The first kappa shape index (κ1) is 26.7. The van der Waals surface area contributed by atoms with Gasteiger partial charge in [-0.1, -0.05) is 18.2 Å². The van der Waals surface area contributed by atoms with E-state index in [1.807, 2.05) is 48.5 Å². The van der Waals surface area contributed by atoms with Crippen molar-refractivity contribution in [2.45, 2.75) is 44.8 Å². The van der Waals surface area contributed by atoms with Crippen LogP contribution in [0.25, 0.3) is 11.3 Å². The van der Waals surface area contributed by atoms with Crippen LogP contribution in [0.15, 0.2) is 48.5 Å². The Morgan fingerprint density at radius 3 is 2.63 bits per heavy atom. The van der Waals surface area contributed by atoms with E-state index in [-0.39, 0.29) is 12.5 Å². The van der Waals surface area contributed by atoms with Crippen LogP contribution in [-0.2, 0) is 18.0 Å². The number of aromatic nitrogens is 1. The van der Waals surface area contributed by atoms with Crippen molar-refractivity contribution in [3.05, 3.63) is 65.2 Å². The molecule has 6 rings (SSSR count). The molecule has 2 aromatic carbocycles. The predicted molar refractivity (Wildman–Crippen MR) is 151 cm³/mol. The Morgan fingerprint density at radius 2 is 1.90 bits per heavy atom. The van der Waals surface area contributed by atoms with Crippen molar-refractivity contribution in [1.29, 1.82) is 0 Å². The number of carbonyl (C=O) groups is 2. The van der Waals surface area contributed by atoms with Crippen LogP contribution >= 0.6 is 0 Å². The highest BCUT2D eigenvalue weighted by Crippen LogP contribution is 2.43. The minimum absolute atomic E-state index is 0.0721. The number of amides is 2. The summed E-state index contributed by atoms with van der Waals surface area (Å²) in [4.78, 5) is 30.3. The first-order chi connectivity index (χ1) is 20.0. The van der Waals surface area contributed by atoms with Crippen molar-refractivity contribution in [3.63, 3.8) is 0 Å². The lowest BCUT2D eigenvalue weighted by Crippen LogP contribution is -2.38.